The summed E-state index contributed by atoms with van der Waals surface area (Å²) in [5.74, 6) is -0.828. The van der Waals surface area contributed by atoms with Gasteiger partial charge >= 0.3 is 0 Å². The minimum absolute atomic E-state index is 0.160. The topological polar surface area (TPSA) is 105 Å². The molecular weight excluding hydrogens is 368 g/mol. The van der Waals surface area contributed by atoms with Crippen molar-refractivity contribution in [1.82, 2.24) is 9.88 Å². The van der Waals surface area contributed by atoms with E-state index in [0.29, 0.717) is 5.13 Å². The monoisotopic (exact) mass is 390 g/mol. The van der Waals surface area contributed by atoms with E-state index in [2.05, 4.69) is 10.3 Å². The predicted molar refractivity (Wildman–Crippen MR) is 104 cm³/mol. The van der Waals surface area contributed by atoms with Gasteiger partial charge in [-0.05, 0) is 40.7 Å². The van der Waals surface area contributed by atoms with Gasteiger partial charge in [0.1, 0.15) is 6.54 Å². The minimum atomic E-state index is -0.659. The highest BCUT2D eigenvalue weighted by Crippen LogP contribution is 2.23. The Morgan fingerprint density at radius 1 is 1.30 bits per heavy atom. The van der Waals surface area contributed by atoms with Gasteiger partial charge < -0.3 is 10.2 Å². The van der Waals surface area contributed by atoms with Crippen LogP contribution in [-0.4, -0.2) is 38.7 Å². The van der Waals surface area contributed by atoms with Crippen LogP contribution in [0.2, 0.25) is 0 Å². The summed E-state index contributed by atoms with van der Waals surface area (Å²) >= 11 is 1.37. The first-order chi connectivity index (χ1) is 12.5. The van der Waals surface area contributed by atoms with Gasteiger partial charge in [-0.1, -0.05) is 6.07 Å². The zero-order valence-electron chi connectivity index (χ0n) is 15.9. The Morgan fingerprint density at radius 2 is 1.96 bits per heavy atom. The minimum Gasteiger partial charge on any atom is -0.324 e. The Balaban J connectivity index is 2.22. The number of aryl methyl sites for hydroxylation is 2. The fourth-order valence-corrected chi connectivity index (χ4v) is 3.18. The number of hydrogen-bond donors (Lipinski definition) is 1. The second-order valence-corrected chi connectivity index (χ2v) is 8.28. The van der Waals surface area contributed by atoms with Crippen molar-refractivity contribution in [2.45, 2.75) is 40.2 Å². The molecule has 0 radical (unpaired) electrons. The number of carbonyl (C=O) groups is 2. The van der Waals surface area contributed by atoms with Gasteiger partial charge in [0.05, 0.1) is 10.6 Å². The van der Waals surface area contributed by atoms with Crippen molar-refractivity contribution in [3.05, 3.63) is 50.5 Å². The van der Waals surface area contributed by atoms with Gasteiger partial charge in [-0.15, -0.1) is 11.3 Å². The highest BCUT2D eigenvalue weighted by atomic mass is 32.1. The molecule has 8 nitrogen and oxygen atoms in total. The largest absolute Gasteiger partial charge is 0.324 e. The molecule has 2 rings (SSSR count). The second kappa shape index (κ2) is 7.83. The lowest BCUT2D eigenvalue weighted by Gasteiger charge is -2.35. The quantitative estimate of drug-likeness (QED) is 0.621. The lowest BCUT2D eigenvalue weighted by molar-refractivity contribution is -0.384. The van der Waals surface area contributed by atoms with Crippen molar-refractivity contribution in [2.75, 3.05) is 11.9 Å². The number of aromatic nitrogens is 1. The molecule has 0 aliphatic rings. The van der Waals surface area contributed by atoms with E-state index in [1.165, 1.54) is 40.5 Å². The first kappa shape index (κ1) is 20.5. The molecule has 0 atom stereocenters. The van der Waals surface area contributed by atoms with Gasteiger partial charge in [0, 0.05) is 28.1 Å². The molecule has 0 aliphatic heterocycles. The third-order valence-electron chi connectivity index (χ3n) is 3.94. The van der Waals surface area contributed by atoms with Crippen LogP contribution in [-0.2, 0) is 4.79 Å². The molecule has 1 aromatic carbocycles. The van der Waals surface area contributed by atoms with Gasteiger partial charge in [-0.3, -0.25) is 19.7 Å². The van der Waals surface area contributed by atoms with E-state index in [1.54, 1.807) is 20.8 Å². The Morgan fingerprint density at radius 3 is 2.48 bits per heavy atom. The van der Waals surface area contributed by atoms with Gasteiger partial charge in [0.2, 0.25) is 5.91 Å². The van der Waals surface area contributed by atoms with Crippen molar-refractivity contribution in [1.29, 1.82) is 0 Å². The normalized spacial score (nSPS) is 11.1. The molecule has 0 fully saturated rings. The van der Waals surface area contributed by atoms with Crippen molar-refractivity contribution in [3.63, 3.8) is 0 Å². The van der Waals surface area contributed by atoms with E-state index in [-0.39, 0.29) is 23.7 Å². The van der Waals surface area contributed by atoms with Crippen LogP contribution in [0.4, 0.5) is 10.8 Å². The van der Waals surface area contributed by atoms with Crippen molar-refractivity contribution >= 4 is 34.0 Å². The van der Waals surface area contributed by atoms with E-state index in [4.69, 9.17) is 0 Å². The van der Waals surface area contributed by atoms with Crippen LogP contribution in [0, 0.1) is 24.0 Å². The smallest absolute Gasteiger partial charge is 0.270 e. The molecule has 1 aromatic heterocycles. The Labute approximate surface area is 161 Å². The average Bonchev–Trinajstić information content (AvgIpc) is 2.88. The number of nitrogens with zero attached hydrogens (tertiary/aromatic N) is 3. The number of nitro groups is 1. The molecule has 1 N–H and O–H groups in total. The molecule has 0 spiro atoms. The Kier molecular flexibility index (Phi) is 5.94. The number of amides is 2. The molecule has 144 valence electrons. The molecule has 1 heterocycles. The summed E-state index contributed by atoms with van der Waals surface area (Å²) in [6.45, 7) is 8.97. The van der Waals surface area contributed by atoms with Crippen LogP contribution in [0.25, 0.3) is 0 Å². The Hall–Kier alpha value is -2.81. The molecular formula is C18H22N4O4S. The van der Waals surface area contributed by atoms with Gasteiger partial charge in [0.15, 0.2) is 5.13 Å². The number of anilines is 1. The first-order valence-electron chi connectivity index (χ1n) is 8.29. The van der Waals surface area contributed by atoms with Gasteiger partial charge in [-0.25, -0.2) is 4.98 Å². The Bertz CT molecular complexity index is 866. The fourth-order valence-electron chi connectivity index (χ4n) is 2.35. The summed E-state index contributed by atoms with van der Waals surface area (Å²) in [5, 5.41) is 14.2. The van der Waals surface area contributed by atoms with Crippen molar-refractivity contribution < 1.29 is 14.5 Å². The third-order valence-corrected chi connectivity index (χ3v) is 4.92. The first-order valence-corrected chi connectivity index (χ1v) is 9.11. The van der Waals surface area contributed by atoms with Crippen molar-refractivity contribution in [2.24, 2.45) is 0 Å². The standard InChI is InChI=1S/C18H22N4O4S/c1-11-12(2)27-17(19-11)20-15(23)10-21(18(3,4)5)16(24)13-7-6-8-14(9-13)22(25)26/h6-9H,10H2,1-5H3,(H,19,20,23). The van der Waals surface area contributed by atoms with Crippen LogP contribution in [0.1, 0.15) is 41.7 Å². The van der Waals surface area contributed by atoms with E-state index in [9.17, 15) is 19.7 Å². The lowest BCUT2D eigenvalue weighted by Crippen LogP contribution is -2.49. The maximum absolute atomic E-state index is 12.9. The van der Waals surface area contributed by atoms with E-state index in [0.717, 1.165) is 10.6 Å². The summed E-state index contributed by atoms with van der Waals surface area (Å²) in [6.07, 6.45) is 0. The number of rotatable bonds is 5. The number of thiazole rings is 1. The molecule has 0 bridgehead atoms. The zero-order valence-corrected chi connectivity index (χ0v) is 16.7. The van der Waals surface area contributed by atoms with Crippen LogP contribution in [0.3, 0.4) is 0 Å². The molecule has 2 aromatic rings. The van der Waals surface area contributed by atoms with Crippen molar-refractivity contribution in [3.8, 4) is 0 Å². The molecule has 27 heavy (non-hydrogen) atoms. The maximum Gasteiger partial charge on any atom is 0.270 e. The van der Waals surface area contributed by atoms with Crippen LogP contribution in [0.5, 0.6) is 0 Å². The zero-order chi connectivity index (χ0) is 20.4. The van der Waals surface area contributed by atoms with Crippen LogP contribution >= 0.6 is 11.3 Å². The van der Waals surface area contributed by atoms with Gasteiger partial charge in [0.25, 0.3) is 11.6 Å². The lowest BCUT2D eigenvalue weighted by atomic mass is 10.0. The summed E-state index contributed by atoms with van der Waals surface area (Å²) < 4.78 is 0. The summed E-state index contributed by atoms with van der Waals surface area (Å²) in [5.41, 5.74) is 0.171. The summed E-state index contributed by atoms with van der Waals surface area (Å²) in [4.78, 5) is 42.4. The highest BCUT2D eigenvalue weighted by molar-refractivity contribution is 7.15. The SMILES string of the molecule is Cc1nc(NC(=O)CN(C(=O)c2cccc([N+](=O)[O-])c2)C(C)(C)C)sc1C. The second-order valence-electron chi connectivity index (χ2n) is 7.08. The molecule has 0 saturated heterocycles. The number of hydrogen-bond acceptors (Lipinski definition) is 6. The van der Waals surface area contributed by atoms with Crippen LogP contribution < -0.4 is 5.32 Å². The molecule has 2 amide bonds. The van der Waals surface area contributed by atoms with E-state index in [1.807, 2.05) is 13.8 Å². The number of nitro benzene ring substituents is 1. The summed E-state index contributed by atoms with van der Waals surface area (Å²) in [7, 11) is 0. The third kappa shape index (κ3) is 5.10. The predicted octanol–water partition coefficient (Wildman–Crippen LogP) is 3.55. The number of benzene rings is 1. The number of non-ortho nitro benzene ring substituents is 1. The van der Waals surface area contributed by atoms with Crippen LogP contribution in [0.15, 0.2) is 24.3 Å². The molecule has 0 aliphatic carbocycles. The van der Waals surface area contributed by atoms with E-state index < -0.39 is 16.4 Å². The number of carbonyl (C=O) groups excluding carboxylic acids is 2. The summed E-state index contributed by atoms with van der Waals surface area (Å²) in [6, 6.07) is 5.48. The number of nitrogens with one attached hydrogen (secondary N) is 1. The molecule has 9 heteroatoms. The molecule has 0 unspecified atom stereocenters. The highest BCUT2D eigenvalue weighted by Gasteiger charge is 2.30. The average molecular weight is 390 g/mol. The molecule has 0 saturated carbocycles. The fraction of sp³-hybridized carbons (Fsp3) is 0.389. The maximum atomic E-state index is 12.9. The van der Waals surface area contributed by atoms with Gasteiger partial charge in [-0.2, -0.15) is 0 Å². The van der Waals surface area contributed by atoms with E-state index >= 15 is 0 Å².